The van der Waals surface area contributed by atoms with E-state index in [-0.39, 0.29) is 41.3 Å². The van der Waals surface area contributed by atoms with Crippen LogP contribution in [0.25, 0.3) is 16.6 Å². The number of carbonyl (C=O) groups is 1. The number of allylic oxidation sites excluding steroid dienone is 1. The van der Waals surface area contributed by atoms with Gasteiger partial charge in [0.15, 0.2) is 11.4 Å². The number of hydrogen-bond acceptors (Lipinski definition) is 12. The van der Waals surface area contributed by atoms with Gasteiger partial charge in [-0.05, 0) is 78.9 Å². The summed E-state index contributed by atoms with van der Waals surface area (Å²) in [5.41, 5.74) is 5.17. The smallest absolute Gasteiger partial charge is 0.297 e. The van der Waals surface area contributed by atoms with Crippen molar-refractivity contribution < 1.29 is 27.6 Å². The van der Waals surface area contributed by atoms with Crippen molar-refractivity contribution in [2.45, 2.75) is 44.0 Å². The van der Waals surface area contributed by atoms with Crippen LogP contribution in [0.2, 0.25) is 5.02 Å². The maximum absolute atomic E-state index is 13.9. The van der Waals surface area contributed by atoms with Gasteiger partial charge in [-0.15, -0.1) is 0 Å². The van der Waals surface area contributed by atoms with Crippen molar-refractivity contribution in [3.8, 4) is 17.2 Å². The molecule has 3 aliphatic rings. The average Bonchev–Trinajstić information content (AvgIpc) is 3.70. The Morgan fingerprint density at radius 3 is 2.65 bits per heavy atom. The van der Waals surface area contributed by atoms with Crippen molar-refractivity contribution >= 4 is 67.9 Å². The summed E-state index contributed by atoms with van der Waals surface area (Å²) < 4.78 is 41.5. The van der Waals surface area contributed by atoms with E-state index in [9.17, 15) is 23.3 Å². The number of sulfonamides is 1. The van der Waals surface area contributed by atoms with Gasteiger partial charge < -0.3 is 24.7 Å². The number of anilines is 2. The van der Waals surface area contributed by atoms with E-state index in [4.69, 9.17) is 21.1 Å². The zero-order valence-electron chi connectivity index (χ0n) is 33.2. The minimum atomic E-state index is -4.65. The van der Waals surface area contributed by atoms with Crippen LogP contribution in [0.4, 0.5) is 17.1 Å². The molecule has 3 N–H and O–H groups in total. The molecule has 0 bridgehead atoms. The predicted molar refractivity (Wildman–Crippen MR) is 232 cm³/mol. The molecule has 1 saturated heterocycles. The standard InChI is InChI=1S/C43H45ClN8O7S/c1-43(2)12-10-29(36(22-43)27-4-6-30(44)7-5-27)25-50-14-16-51(17-15-50)32-8-9-35(38(19-32)59-33-18-28-11-13-46-41(28)47-24-33)42(53)49-60(56,57)34-20-37(52(54)55)40-39(21-34)58-26-31(48-40)23-45-3/h4-9,11,13,18-21,24,31,48H,3,10,12,14-17,22-23,25-26H2,1-2H3,(H,46,47)(H,49,53)/t31-/m1/s1. The van der Waals surface area contributed by atoms with Crippen molar-refractivity contribution in [1.29, 1.82) is 0 Å². The Labute approximate surface area is 352 Å². The highest BCUT2D eigenvalue weighted by molar-refractivity contribution is 7.90. The Morgan fingerprint density at radius 2 is 1.90 bits per heavy atom. The Morgan fingerprint density at radius 1 is 1.12 bits per heavy atom. The number of benzene rings is 3. The van der Waals surface area contributed by atoms with E-state index >= 15 is 0 Å². The molecule has 1 amide bonds. The number of nitrogens with one attached hydrogen (secondary N) is 3. The van der Waals surface area contributed by atoms with E-state index in [1.165, 1.54) is 29.0 Å². The number of amides is 1. The van der Waals surface area contributed by atoms with Crippen molar-refractivity contribution in [1.82, 2.24) is 19.6 Å². The van der Waals surface area contributed by atoms with Crippen molar-refractivity contribution in [2.24, 2.45) is 10.4 Å². The summed E-state index contributed by atoms with van der Waals surface area (Å²) in [6.45, 7) is 12.3. The number of pyridine rings is 1. The molecule has 3 aromatic carbocycles. The molecule has 1 atom stereocenters. The maximum Gasteiger partial charge on any atom is 0.297 e. The number of halogens is 1. The van der Waals surface area contributed by atoms with Gasteiger partial charge in [-0.25, -0.2) is 18.1 Å². The number of rotatable bonds is 12. The number of aliphatic imine (C=N–C) groups is 1. The first-order chi connectivity index (χ1) is 28.7. The highest BCUT2D eigenvalue weighted by Gasteiger charge is 2.33. The zero-order valence-corrected chi connectivity index (χ0v) is 34.8. The molecule has 17 heteroatoms. The van der Waals surface area contributed by atoms with Crippen LogP contribution in [0.15, 0.2) is 94.6 Å². The van der Waals surface area contributed by atoms with Gasteiger partial charge in [0.2, 0.25) is 0 Å². The van der Waals surface area contributed by atoms with Crippen LogP contribution in [0, 0.1) is 15.5 Å². The summed E-state index contributed by atoms with van der Waals surface area (Å²) in [5, 5.41) is 16.5. The van der Waals surface area contributed by atoms with E-state index in [1.807, 2.05) is 18.2 Å². The number of fused-ring (bicyclic) bond motifs is 2. The number of hydrogen-bond donors (Lipinski definition) is 3. The molecule has 0 unspecified atom stereocenters. The SMILES string of the molecule is C=NC[C@@H]1COc2cc(S(=O)(=O)NC(=O)c3ccc(N4CCN(CC5=C(c6ccc(Cl)cc6)CC(C)(C)CC5)CC4)cc3Oc3cnc4[nH]ccc4c3)cc([N+](=O)[O-])c2N1. The fourth-order valence-electron chi connectivity index (χ4n) is 8.04. The Kier molecular flexibility index (Phi) is 11.3. The number of nitrogens with zero attached hydrogens (tertiary/aromatic N) is 5. The molecule has 8 rings (SSSR count). The van der Waals surface area contributed by atoms with Gasteiger partial charge >= 0.3 is 0 Å². The van der Waals surface area contributed by atoms with Crippen LogP contribution in [0.5, 0.6) is 17.2 Å². The number of H-pyrrole nitrogens is 1. The topological polar surface area (TPSA) is 184 Å². The number of aromatic amines is 1. The third kappa shape index (κ3) is 8.81. The predicted octanol–water partition coefficient (Wildman–Crippen LogP) is 7.69. The highest BCUT2D eigenvalue weighted by atomic mass is 35.5. The quantitative estimate of drug-likeness (QED) is 0.0635. The molecule has 15 nitrogen and oxygen atoms in total. The molecule has 2 aliphatic heterocycles. The van der Waals surface area contributed by atoms with Gasteiger partial charge in [-0.3, -0.25) is 24.8 Å². The lowest BCUT2D eigenvalue weighted by Crippen LogP contribution is -2.47. The largest absolute Gasteiger partial charge is 0.489 e. The monoisotopic (exact) mass is 852 g/mol. The molecule has 1 fully saturated rings. The normalized spacial score (nSPS) is 18.0. The number of carbonyl (C=O) groups excluding carboxylic acids is 1. The lowest BCUT2D eigenvalue weighted by molar-refractivity contribution is -0.384. The van der Waals surface area contributed by atoms with E-state index in [2.05, 4.69) is 67.5 Å². The maximum atomic E-state index is 13.9. The molecule has 0 saturated carbocycles. The van der Waals surface area contributed by atoms with Crippen molar-refractivity contribution in [3.05, 3.63) is 111 Å². The lowest BCUT2D eigenvalue weighted by atomic mass is 9.72. The van der Waals surface area contributed by atoms with Gasteiger partial charge in [0.05, 0.1) is 34.2 Å². The average molecular weight is 853 g/mol. The Hall–Kier alpha value is -5.97. The van der Waals surface area contributed by atoms with Crippen LogP contribution in [0.1, 0.15) is 49.0 Å². The van der Waals surface area contributed by atoms with Crippen LogP contribution in [-0.2, 0) is 10.0 Å². The fraction of sp³-hybridized carbons (Fsp3) is 0.326. The zero-order chi connectivity index (χ0) is 42.2. The molecule has 1 aliphatic carbocycles. The van der Waals surface area contributed by atoms with Crippen molar-refractivity contribution in [2.75, 3.05) is 56.1 Å². The van der Waals surface area contributed by atoms with Crippen LogP contribution >= 0.6 is 11.6 Å². The minimum Gasteiger partial charge on any atom is -0.489 e. The number of piperazine rings is 1. The second-order valence-electron chi connectivity index (χ2n) is 16.1. The third-order valence-electron chi connectivity index (χ3n) is 11.3. The third-order valence-corrected chi connectivity index (χ3v) is 12.8. The number of ether oxygens (including phenoxy) is 2. The number of nitro groups is 1. The molecule has 2 aromatic heterocycles. The summed E-state index contributed by atoms with van der Waals surface area (Å²) in [4.78, 5) is 40.7. The lowest BCUT2D eigenvalue weighted by Gasteiger charge is -2.39. The number of aromatic nitrogens is 2. The van der Waals surface area contributed by atoms with Gasteiger partial charge in [0, 0.05) is 73.2 Å². The summed E-state index contributed by atoms with van der Waals surface area (Å²) >= 11 is 6.23. The van der Waals surface area contributed by atoms with Gasteiger partial charge in [-0.1, -0.05) is 43.2 Å². The van der Waals surface area contributed by atoms with Gasteiger partial charge in [-0.2, -0.15) is 0 Å². The first-order valence-corrected chi connectivity index (χ1v) is 21.5. The van der Waals surface area contributed by atoms with Gasteiger partial charge in [0.1, 0.15) is 23.8 Å². The molecule has 5 aromatic rings. The van der Waals surface area contributed by atoms with E-state index < -0.39 is 37.5 Å². The Balaban J connectivity index is 1.03. The molecular weight excluding hydrogens is 808 g/mol. The highest BCUT2D eigenvalue weighted by Crippen LogP contribution is 2.44. The second-order valence-corrected chi connectivity index (χ2v) is 18.2. The summed E-state index contributed by atoms with van der Waals surface area (Å²) in [6.07, 6.45) is 6.44. The molecule has 312 valence electrons. The summed E-state index contributed by atoms with van der Waals surface area (Å²) in [6, 6.07) is 18.4. The van der Waals surface area contributed by atoms with E-state index in [1.54, 1.807) is 24.4 Å². The minimum absolute atomic E-state index is 0.0168. The van der Waals surface area contributed by atoms with Crippen LogP contribution in [-0.4, -0.2) is 92.8 Å². The van der Waals surface area contributed by atoms with Gasteiger partial charge in [0.25, 0.3) is 21.6 Å². The number of nitro benzene ring substituents is 1. The summed E-state index contributed by atoms with van der Waals surface area (Å²) in [5.74, 6) is -0.595. The van der Waals surface area contributed by atoms with E-state index in [0.717, 1.165) is 67.1 Å². The molecule has 0 spiro atoms. The molecule has 0 radical (unpaired) electrons. The van der Waals surface area contributed by atoms with E-state index in [0.29, 0.717) is 24.5 Å². The van der Waals surface area contributed by atoms with Crippen molar-refractivity contribution in [3.63, 3.8) is 0 Å². The second kappa shape index (κ2) is 16.6. The van der Waals surface area contributed by atoms with Crippen LogP contribution < -0.4 is 24.4 Å². The molecule has 4 heterocycles. The summed E-state index contributed by atoms with van der Waals surface area (Å²) in [7, 11) is -4.65. The molecular formula is C43H45ClN8O7S. The first kappa shape index (κ1) is 40.8. The Bertz CT molecular complexity index is 2620. The fourth-order valence-corrected chi connectivity index (χ4v) is 9.17. The van der Waals surface area contributed by atoms with Crippen LogP contribution in [0.3, 0.4) is 0 Å². The molecule has 60 heavy (non-hydrogen) atoms. The first-order valence-electron chi connectivity index (χ1n) is 19.7.